The number of nitrogens with two attached hydrogens (primary N) is 1. The van der Waals surface area contributed by atoms with Gasteiger partial charge >= 0.3 is 0 Å². The average Bonchev–Trinajstić information content (AvgIpc) is 2.37. The predicted octanol–water partition coefficient (Wildman–Crippen LogP) is 4.16. The number of nitrogen functional groups attached to an aromatic ring is 1. The third-order valence-corrected chi connectivity index (χ3v) is 3.61. The molecule has 0 atom stereocenters. The van der Waals surface area contributed by atoms with Crippen molar-refractivity contribution in [2.24, 2.45) is 0 Å². The summed E-state index contributed by atoms with van der Waals surface area (Å²) < 4.78 is 27.7. The molecule has 2 N–H and O–H groups in total. The molecule has 2 nitrogen and oxygen atoms in total. The van der Waals surface area contributed by atoms with E-state index in [0.717, 1.165) is 6.07 Å². The molecule has 0 amide bonds. The Morgan fingerprint density at radius 3 is 2.35 bits per heavy atom. The molecular formula is C15H12BrF2NO. The number of hydrogen-bond donors (Lipinski definition) is 1. The minimum Gasteiger partial charge on any atom is -0.398 e. The topological polar surface area (TPSA) is 43.1 Å². The third kappa shape index (κ3) is 2.58. The van der Waals surface area contributed by atoms with Gasteiger partial charge in [0.1, 0.15) is 11.6 Å². The second-order valence-corrected chi connectivity index (χ2v) is 5.49. The van der Waals surface area contributed by atoms with Gasteiger partial charge in [0.2, 0.25) is 0 Å². The molecule has 0 unspecified atom stereocenters. The molecule has 2 aromatic carbocycles. The number of carbonyl (C=O) groups excluding carboxylic acids is 1. The lowest BCUT2D eigenvalue weighted by molar-refractivity contribution is 0.103. The van der Waals surface area contributed by atoms with E-state index in [1.165, 1.54) is 13.0 Å². The van der Waals surface area contributed by atoms with E-state index in [4.69, 9.17) is 5.73 Å². The molecule has 0 saturated carbocycles. The highest BCUT2D eigenvalue weighted by Gasteiger charge is 2.19. The van der Waals surface area contributed by atoms with Gasteiger partial charge in [0, 0.05) is 21.8 Å². The van der Waals surface area contributed by atoms with Gasteiger partial charge in [0.05, 0.1) is 5.56 Å². The van der Waals surface area contributed by atoms with Crippen LogP contribution in [0.1, 0.15) is 27.0 Å². The Morgan fingerprint density at radius 1 is 1.05 bits per heavy atom. The van der Waals surface area contributed by atoms with Gasteiger partial charge in [-0.15, -0.1) is 0 Å². The van der Waals surface area contributed by atoms with E-state index in [-0.39, 0.29) is 11.1 Å². The Labute approximate surface area is 123 Å². The average molecular weight is 340 g/mol. The number of rotatable bonds is 2. The van der Waals surface area contributed by atoms with Crippen molar-refractivity contribution in [2.45, 2.75) is 13.8 Å². The molecule has 5 heteroatoms. The Hall–Kier alpha value is -1.75. The molecule has 20 heavy (non-hydrogen) atoms. The van der Waals surface area contributed by atoms with Gasteiger partial charge in [-0.2, -0.15) is 0 Å². The van der Waals surface area contributed by atoms with Crippen LogP contribution in [0.2, 0.25) is 0 Å². The number of ketones is 1. The molecule has 104 valence electrons. The number of anilines is 1. The number of halogens is 3. The van der Waals surface area contributed by atoms with Gasteiger partial charge in [-0.05, 0) is 43.2 Å². The molecule has 0 bridgehead atoms. The lowest BCUT2D eigenvalue weighted by Crippen LogP contribution is -2.09. The maximum absolute atomic E-state index is 13.8. The Balaban J connectivity index is 2.60. The molecule has 0 aromatic heterocycles. The fourth-order valence-corrected chi connectivity index (χ4v) is 2.39. The summed E-state index contributed by atoms with van der Waals surface area (Å²) in [5.41, 5.74) is 7.14. The van der Waals surface area contributed by atoms with Crippen molar-refractivity contribution in [1.29, 1.82) is 0 Å². The van der Waals surface area contributed by atoms with Crippen molar-refractivity contribution in [3.63, 3.8) is 0 Å². The molecule has 0 heterocycles. The summed E-state index contributed by atoms with van der Waals surface area (Å²) in [5.74, 6) is -2.07. The van der Waals surface area contributed by atoms with Crippen LogP contribution in [0.15, 0.2) is 28.7 Å². The van der Waals surface area contributed by atoms with Gasteiger partial charge in [0.25, 0.3) is 0 Å². The minimum absolute atomic E-state index is 0.162. The molecule has 2 rings (SSSR count). The van der Waals surface area contributed by atoms with E-state index in [0.29, 0.717) is 21.3 Å². The van der Waals surface area contributed by atoms with Crippen molar-refractivity contribution in [3.8, 4) is 0 Å². The molecular weight excluding hydrogens is 328 g/mol. The van der Waals surface area contributed by atoms with Crippen LogP contribution in [0.5, 0.6) is 0 Å². The SMILES string of the molecule is Cc1cc(C(=O)c2cc(Br)cc(N)c2C)c(F)cc1F. The smallest absolute Gasteiger partial charge is 0.196 e. The van der Waals surface area contributed by atoms with Gasteiger partial charge in [0.15, 0.2) is 5.78 Å². The highest BCUT2D eigenvalue weighted by Crippen LogP contribution is 2.26. The van der Waals surface area contributed by atoms with Crippen molar-refractivity contribution in [1.82, 2.24) is 0 Å². The van der Waals surface area contributed by atoms with Crippen LogP contribution < -0.4 is 5.73 Å². The summed E-state index contributed by atoms with van der Waals surface area (Å²) in [4.78, 5) is 12.4. The fourth-order valence-electron chi connectivity index (χ4n) is 1.91. The zero-order valence-corrected chi connectivity index (χ0v) is 12.5. The zero-order chi connectivity index (χ0) is 15.0. The lowest BCUT2D eigenvalue weighted by atomic mass is 9.96. The standard InChI is InChI=1S/C15H12BrF2NO/c1-7-3-11(13(18)6-12(7)17)15(20)10-4-9(16)5-14(19)8(10)2/h3-6H,19H2,1-2H3. The molecule has 0 saturated heterocycles. The highest BCUT2D eigenvalue weighted by atomic mass is 79.9. The predicted molar refractivity (Wildman–Crippen MR) is 77.8 cm³/mol. The summed E-state index contributed by atoms with van der Waals surface area (Å²) in [6.45, 7) is 3.16. The van der Waals surface area contributed by atoms with Crippen molar-refractivity contribution in [3.05, 3.63) is 62.6 Å². The van der Waals surface area contributed by atoms with Gasteiger partial charge in [-0.25, -0.2) is 8.78 Å². The second kappa shape index (κ2) is 5.32. The first-order valence-electron chi connectivity index (χ1n) is 5.87. The van der Waals surface area contributed by atoms with Crippen LogP contribution >= 0.6 is 15.9 Å². The van der Waals surface area contributed by atoms with Crippen LogP contribution in [0, 0.1) is 25.5 Å². The van der Waals surface area contributed by atoms with E-state index < -0.39 is 17.4 Å². The maximum atomic E-state index is 13.8. The second-order valence-electron chi connectivity index (χ2n) is 4.58. The van der Waals surface area contributed by atoms with Crippen LogP contribution in [-0.2, 0) is 0 Å². The normalized spacial score (nSPS) is 10.7. The quantitative estimate of drug-likeness (QED) is 0.659. The van der Waals surface area contributed by atoms with Gasteiger partial charge in [-0.1, -0.05) is 15.9 Å². The Kier molecular flexibility index (Phi) is 3.90. The summed E-state index contributed by atoms with van der Waals surface area (Å²) in [6, 6.07) is 5.17. The zero-order valence-electron chi connectivity index (χ0n) is 10.9. The van der Waals surface area contributed by atoms with Gasteiger partial charge in [-0.3, -0.25) is 4.79 Å². The number of benzene rings is 2. The van der Waals surface area contributed by atoms with Crippen LogP contribution in [-0.4, -0.2) is 5.78 Å². The molecule has 2 aromatic rings. The monoisotopic (exact) mass is 339 g/mol. The first-order valence-corrected chi connectivity index (χ1v) is 6.66. The summed E-state index contributed by atoms with van der Waals surface area (Å²) in [5, 5.41) is 0. The van der Waals surface area contributed by atoms with Crippen LogP contribution in [0.4, 0.5) is 14.5 Å². The van der Waals surface area contributed by atoms with Crippen molar-refractivity contribution in [2.75, 3.05) is 5.73 Å². The van der Waals surface area contributed by atoms with E-state index >= 15 is 0 Å². The highest BCUT2D eigenvalue weighted by molar-refractivity contribution is 9.10. The molecule has 0 radical (unpaired) electrons. The third-order valence-electron chi connectivity index (χ3n) is 3.15. The molecule has 0 aliphatic rings. The number of aryl methyl sites for hydroxylation is 1. The number of carbonyl (C=O) groups is 1. The van der Waals surface area contributed by atoms with Crippen LogP contribution in [0.3, 0.4) is 0 Å². The van der Waals surface area contributed by atoms with E-state index in [9.17, 15) is 13.6 Å². The van der Waals surface area contributed by atoms with E-state index in [1.54, 1.807) is 19.1 Å². The lowest BCUT2D eigenvalue weighted by Gasteiger charge is -2.10. The minimum atomic E-state index is -0.879. The first-order chi connectivity index (χ1) is 9.31. The molecule has 0 aliphatic carbocycles. The molecule has 0 spiro atoms. The Bertz CT molecular complexity index is 714. The van der Waals surface area contributed by atoms with Gasteiger partial charge < -0.3 is 5.73 Å². The summed E-state index contributed by atoms with van der Waals surface area (Å²) in [7, 11) is 0. The van der Waals surface area contributed by atoms with Crippen molar-refractivity contribution < 1.29 is 13.6 Å². The summed E-state index contributed by atoms with van der Waals surface area (Å²) in [6.07, 6.45) is 0. The Morgan fingerprint density at radius 2 is 1.70 bits per heavy atom. The summed E-state index contributed by atoms with van der Waals surface area (Å²) >= 11 is 3.25. The van der Waals surface area contributed by atoms with E-state index in [2.05, 4.69) is 15.9 Å². The number of hydrogen-bond acceptors (Lipinski definition) is 2. The van der Waals surface area contributed by atoms with E-state index in [1.807, 2.05) is 0 Å². The largest absolute Gasteiger partial charge is 0.398 e. The fraction of sp³-hybridized carbons (Fsp3) is 0.133. The van der Waals surface area contributed by atoms with Crippen molar-refractivity contribution >= 4 is 27.4 Å². The molecule has 0 aliphatic heterocycles. The van der Waals surface area contributed by atoms with Crippen LogP contribution in [0.25, 0.3) is 0 Å². The molecule has 0 fully saturated rings. The maximum Gasteiger partial charge on any atom is 0.196 e. The first kappa shape index (κ1) is 14.7.